The summed E-state index contributed by atoms with van der Waals surface area (Å²) in [6, 6.07) is 0. The summed E-state index contributed by atoms with van der Waals surface area (Å²) in [6.07, 6.45) is 83.3. The minimum Gasteiger partial charge on any atom is -0.462 e. The molecule has 0 aromatic carbocycles. The summed E-state index contributed by atoms with van der Waals surface area (Å²) in [6.45, 7) is 6.36. The van der Waals surface area contributed by atoms with Crippen molar-refractivity contribution in [1.82, 2.24) is 0 Å². The van der Waals surface area contributed by atoms with E-state index >= 15 is 0 Å². The molecule has 1 unspecified atom stereocenters. The Morgan fingerprint density at radius 3 is 0.849 bits per heavy atom. The van der Waals surface area contributed by atoms with Gasteiger partial charge in [0.15, 0.2) is 6.10 Å². The summed E-state index contributed by atoms with van der Waals surface area (Å²) in [5.74, 6) is -0.942. The van der Waals surface area contributed by atoms with E-state index in [0.717, 1.165) is 135 Å². The Kier molecular flexibility index (Phi) is 56.9. The highest BCUT2D eigenvalue weighted by atomic mass is 16.6. The first kappa shape index (κ1) is 68.8. The highest BCUT2D eigenvalue weighted by molar-refractivity contribution is 5.71. The molecule has 0 heterocycles. The lowest BCUT2D eigenvalue weighted by Crippen LogP contribution is -2.30. The van der Waals surface area contributed by atoms with Gasteiger partial charge in [0.05, 0.1) is 0 Å². The molecule has 414 valence electrons. The molecule has 0 amide bonds. The molecule has 0 saturated heterocycles. The standard InChI is InChI=1S/C67H110O6/c1-4-7-10-13-16-19-22-25-28-31-33-36-39-42-45-48-51-54-57-60-66(69)72-63-64(62-71-65(68)59-56-53-50-47-44-41-38-35-30-27-24-21-18-15-12-9-6-3)73-67(70)61-58-55-52-49-46-43-40-37-34-32-29-26-23-20-17-14-11-8-5-2/h7-8,10-11,16-21,25-30,33,36,42,45,64H,4-6,9,12-15,22-24,31-32,34-35,37-41,43-44,46-63H2,1-3H3/b10-7-,11-8-,19-16-,20-17-,21-18-,28-25-,29-26-,30-27-,36-33-,45-42-. The molecule has 0 aliphatic rings. The average molecular weight is 1010 g/mol. The fourth-order valence-corrected chi connectivity index (χ4v) is 7.98. The van der Waals surface area contributed by atoms with Gasteiger partial charge in [-0.15, -0.1) is 0 Å². The van der Waals surface area contributed by atoms with E-state index < -0.39 is 6.10 Å². The largest absolute Gasteiger partial charge is 0.462 e. The third kappa shape index (κ3) is 58.6. The number of unbranched alkanes of at least 4 members (excludes halogenated alkanes) is 22. The van der Waals surface area contributed by atoms with Gasteiger partial charge in [0.1, 0.15) is 13.2 Å². The van der Waals surface area contributed by atoms with Crippen LogP contribution in [0.15, 0.2) is 122 Å². The fraction of sp³-hybridized carbons (Fsp3) is 0.657. The van der Waals surface area contributed by atoms with E-state index in [1.165, 1.54) is 89.9 Å². The molecule has 0 N–H and O–H groups in total. The van der Waals surface area contributed by atoms with Crippen molar-refractivity contribution in [3.05, 3.63) is 122 Å². The van der Waals surface area contributed by atoms with Crippen molar-refractivity contribution in [3.63, 3.8) is 0 Å². The Hall–Kier alpha value is -4.19. The first-order valence-electron chi connectivity index (χ1n) is 30.0. The SMILES string of the molecule is CC/C=C\C/C=C\C/C=C\C/C=C\C/C=C\CCCCCC(=O)OCC(COC(=O)CCCCCCCCC/C=C\C/C=C\CCCCC)OC(=O)CCCCCCCCCCC/C=C\C/C=C\C/C=C\CC. The molecule has 0 rings (SSSR count). The number of hydrogen-bond donors (Lipinski definition) is 0. The van der Waals surface area contributed by atoms with Crippen LogP contribution in [0.25, 0.3) is 0 Å². The van der Waals surface area contributed by atoms with Crippen LogP contribution in [0.2, 0.25) is 0 Å². The van der Waals surface area contributed by atoms with Gasteiger partial charge in [-0.25, -0.2) is 0 Å². The van der Waals surface area contributed by atoms with Crippen LogP contribution in [0, 0.1) is 0 Å². The lowest BCUT2D eigenvalue weighted by molar-refractivity contribution is -0.167. The maximum atomic E-state index is 12.9. The van der Waals surface area contributed by atoms with Crippen molar-refractivity contribution in [1.29, 1.82) is 0 Å². The molecule has 0 aliphatic heterocycles. The molecule has 6 nitrogen and oxygen atoms in total. The van der Waals surface area contributed by atoms with E-state index in [0.29, 0.717) is 19.3 Å². The van der Waals surface area contributed by atoms with Crippen molar-refractivity contribution in [2.45, 2.75) is 271 Å². The number of rotatable bonds is 53. The second-order valence-corrected chi connectivity index (χ2v) is 19.5. The van der Waals surface area contributed by atoms with Crippen molar-refractivity contribution in [2.24, 2.45) is 0 Å². The van der Waals surface area contributed by atoms with Gasteiger partial charge < -0.3 is 14.2 Å². The maximum absolute atomic E-state index is 12.9. The lowest BCUT2D eigenvalue weighted by Gasteiger charge is -2.18. The third-order valence-corrected chi connectivity index (χ3v) is 12.4. The van der Waals surface area contributed by atoms with Gasteiger partial charge in [0.25, 0.3) is 0 Å². The van der Waals surface area contributed by atoms with Crippen molar-refractivity contribution in [2.75, 3.05) is 13.2 Å². The number of ether oxygens (including phenoxy) is 3. The van der Waals surface area contributed by atoms with Gasteiger partial charge >= 0.3 is 17.9 Å². The van der Waals surface area contributed by atoms with Gasteiger partial charge in [0, 0.05) is 19.3 Å². The molecule has 0 fully saturated rings. The van der Waals surface area contributed by atoms with Gasteiger partial charge in [-0.2, -0.15) is 0 Å². The zero-order valence-electron chi connectivity index (χ0n) is 47.4. The molecule has 0 bridgehead atoms. The second kappa shape index (κ2) is 60.4. The van der Waals surface area contributed by atoms with Crippen LogP contribution in [-0.2, 0) is 28.6 Å². The Labute approximate surface area is 450 Å². The molecule has 6 heteroatoms. The number of carbonyl (C=O) groups excluding carboxylic acids is 3. The number of esters is 3. The molecular formula is C67H110O6. The molecule has 0 radical (unpaired) electrons. The Bertz CT molecular complexity index is 1540. The Morgan fingerprint density at radius 2 is 0.534 bits per heavy atom. The van der Waals surface area contributed by atoms with E-state index in [1.54, 1.807) is 0 Å². The van der Waals surface area contributed by atoms with Crippen LogP contribution < -0.4 is 0 Å². The predicted octanol–water partition coefficient (Wildman–Crippen LogP) is 20.4. The van der Waals surface area contributed by atoms with Crippen molar-refractivity contribution >= 4 is 17.9 Å². The molecular weight excluding hydrogens is 901 g/mol. The summed E-state index contributed by atoms with van der Waals surface area (Å²) in [7, 11) is 0. The van der Waals surface area contributed by atoms with E-state index in [-0.39, 0.29) is 31.1 Å². The van der Waals surface area contributed by atoms with E-state index in [2.05, 4.69) is 142 Å². The van der Waals surface area contributed by atoms with E-state index in [1.807, 2.05) is 0 Å². The van der Waals surface area contributed by atoms with Crippen molar-refractivity contribution < 1.29 is 28.6 Å². The van der Waals surface area contributed by atoms with Crippen LogP contribution >= 0.6 is 0 Å². The lowest BCUT2D eigenvalue weighted by atomic mass is 10.1. The number of allylic oxidation sites excluding steroid dienone is 20. The average Bonchev–Trinajstić information content (AvgIpc) is 3.39. The van der Waals surface area contributed by atoms with Gasteiger partial charge in [-0.1, -0.05) is 239 Å². The van der Waals surface area contributed by atoms with Gasteiger partial charge in [-0.05, 0) is 128 Å². The van der Waals surface area contributed by atoms with Crippen LogP contribution in [0.4, 0.5) is 0 Å². The minimum atomic E-state index is -0.803. The summed E-state index contributed by atoms with van der Waals surface area (Å²) in [5.41, 5.74) is 0. The van der Waals surface area contributed by atoms with Crippen molar-refractivity contribution in [3.8, 4) is 0 Å². The normalized spacial score (nSPS) is 13.0. The van der Waals surface area contributed by atoms with Gasteiger partial charge in [0.2, 0.25) is 0 Å². The summed E-state index contributed by atoms with van der Waals surface area (Å²) in [4.78, 5) is 38.3. The van der Waals surface area contributed by atoms with Gasteiger partial charge in [-0.3, -0.25) is 14.4 Å². The number of carbonyl (C=O) groups is 3. The smallest absolute Gasteiger partial charge is 0.306 e. The maximum Gasteiger partial charge on any atom is 0.306 e. The van der Waals surface area contributed by atoms with E-state index in [4.69, 9.17) is 14.2 Å². The zero-order valence-corrected chi connectivity index (χ0v) is 47.4. The molecule has 0 saturated carbocycles. The Morgan fingerprint density at radius 1 is 0.288 bits per heavy atom. The molecule has 73 heavy (non-hydrogen) atoms. The highest BCUT2D eigenvalue weighted by Gasteiger charge is 2.19. The molecule has 1 atom stereocenters. The zero-order chi connectivity index (χ0) is 52.9. The molecule has 0 aromatic heterocycles. The van der Waals surface area contributed by atoms with Crippen LogP contribution in [0.5, 0.6) is 0 Å². The summed E-state index contributed by atoms with van der Waals surface area (Å²) >= 11 is 0. The molecule has 0 aliphatic carbocycles. The fourth-order valence-electron chi connectivity index (χ4n) is 7.98. The third-order valence-electron chi connectivity index (χ3n) is 12.4. The Balaban J connectivity index is 4.48. The highest BCUT2D eigenvalue weighted by Crippen LogP contribution is 2.15. The number of hydrogen-bond acceptors (Lipinski definition) is 6. The topological polar surface area (TPSA) is 78.9 Å². The molecule has 0 spiro atoms. The van der Waals surface area contributed by atoms with E-state index in [9.17, 15) is 14.4 Å². The summed E-state index contributed by atoms with van der Waals surface area (Å²) < 4.78 is 16.9. The quantitative estimate of drug-likeness (QED) is 0.0261. The second-order valence-electron chi connectivity index (χ2n) is 19.5. The molecule has 0 aromatic rings. The predicted molar refractivity (Wildman–Crippen MR) is 316 cm³/mol. The first-order valence-corrected chi connectivity index (χ1v) is 30.0. The monoisotopic (exact) mass is 1010 g/mol. The van der Waals surface area contributed by atoms with Crippen LogP contribution in [0.1, 0.15) is 265 Å². The minimum absolute atomic E-state index is 0.0976. The summed E-state index contributed by atoms with van der Waals surface area (Å²) in [5, 5.41) is 0. The first-order chi connectivity index (χ1) is 36.0. The van der Waals surface area contributed by atoms with Crippen LogP contribution in [0.3, 0.4) is 0 Å². The van der Waals surface area contributed by atoms with Crippen LogP contribution in [-0.4, -0.2) is 37.2 Å².